The van der Waals surface area contributed by atoms with Crippen LogP contribution in [0.25, 0.3) is 0 Å². The summed E-state index contributed by atoms with van der Waals surface area (Å²) >= 11 is 0. The highest BCUT2D eigenvalue weighted by atomic mass is 32.2. The fraction of sp³-hybridized carbons (Fsp3) is 0.435. The molecule has 1 heterocycles. The Morgan fingerprint density at radius 3 is 2.58 bits per heavy atom. The Morgan fingerprint density at radius 1 is 1.23 bits per heavy atom. The smallest absolute Gasteiger partial charge is 0.260 e. The molecule has 2 aromatic carbocycles. The zero-order chi connectivity index (χ0) is 22.6. The predicted octanol–water partition coefficient (Wildman–Crippen LogP) is 2.81. The molecule has 8 heteroatoms. The van der Waals surface area contributed by atoms with E-state index in [1.54, 1.807) is 31.2 Å². The van der Waals surface area contributed by atoms with Gasteiger partial charge in [-0.3, -0.25) is 9.10 Å². The predicted molar refractivity (Wildman–Crippen MR) is 124 cm³/mol. The lowest BCUT2D eigenvalue weighted by molar-refractivity contribution is -0.127. The van der Waals surface area contributed by atoms with Crippen LogP contribution in [0.15, 0.2) is 48.5 Å². The molecule has 2 atom stereocenters. The lowest BCUT2D eigenvalue weighted by atomic mass is 10.1. The minimum atomic E-state index is -3.32. The van der Waals surface area contributed by atoms with Gasteiger partial charge in [0.2, 0.25) is 10.0 Å². The van der Waals surface area contributed by atoms with Crippen LogP contribution in [0.2, 0.25) is 0 Å². The number of anilines is 2. The lowest BCUT2D eigenvalue weighted by Crippen LogP contribution is -2.38. The van der Waals surface area contributed by atoms with Gasteiger partial charge >= 0.3 is 0 Å². The molecule has 31 heavy (non-hydrogen) atoms. The molecular formula is C23H31N3O4S. The number of benzene rings is 2. The van der Waals surface area contributed by atoms with E-state index in [9.17, 15) is 13.2 Å². The third kappa shape index (κ3) is 5.70. The summed E-state index contributed by atoms with van der Waals surface area (Å²) in [6, 6.07) is 15.6. The first-order valence-corrected chi connectivity index (χ1v) is 12.3. The van der Waals surface area contributed by atoms with Crippen LogP contribution in [0.4, 0.5) is 11.4 Å². The van der Waals surface area contributed by atoms with Gasteiger partial charge < -0.3 is 15.0 Å². The number of amides is 1. The molecule has 0 unspecified atom stereocenters. The Morgan fingerprint density at radius 2 is 1.90 bits per heavy atom. The van der Waals surface area contributed by atoms with Gasteiger partial charge in [-0.2, -0.15) is 0 Å². The van der Waals surface area contributed by atoms with Crippen LogP contribution in [-0.2, 0) is 21.2 Å². The molecule has 0 saturated carbocycles. The van der Waals surface area contributed by atoms with Crippen LogP contribution in [0.3, 0.4) is 0 Å². The average Bonchev–Trinajstić information content (AvgIpc) is 3.05. The van der Waals surface area contributed by atoms with Crippen LogP contribution < -0.4 is 19.3 Å². The largest absolute Gasteiger partial charge is 0.481 e. The minimum Gasteiger partial charge on any atom is -0.481 e. The van der Waals surface area contributed by atoms with Crippen LogP contribution >= 0.6 is 0 Å². The summed E-state index contributed by atoms with van der Waals surface area (Å²) in [5.41, 5.74) is 3.21. The first-order valence-electron chi connectivity index (χ1n) is 10.5. The summed E-state index contributed by atoms with van der Waals surface area (Å²) in [4.78, 5) is 14.8. The molecule has 0 fully saturated rings. The lowest BCUT2D eigenvalue weighted by Gasteiger charge is -2.25. The standard InChI is InChI=1S/C23H31N3O4S/c1-17-16-19-8-5-6-9-22(19)26(17)15-7-14-24-23(27)18(2)30-21-12-10-20(11-13-21)25(3)31(4,28)29/h5-6,8-13,17-18H,7,14-16H2,1-4H3,(H,24,27)/t17-,18+/m0/s1. The van der Waals surface area contributed by atoms with Gasteiger partial charge in [-0.1, -0.05) is 18.2 Å². The van der Waals surface area contributed by atoms with Crippen LogP contribution in [0, 0.1) is 0 Å². The second-order valence-electron chi connectivity index (χ2n) is 8.00. The highest BCUT2D eigenvalue weighted by Crippen LogP contribution is 2.31. The second-order valence-corrected chi connectivity index (χ2v) is 10.0. The molecule has 0 bridgehead atoms. The number of nitrogens with one attached hydrogen (secondary N) is 1. The zero-order valence-corrected chi connectivity index (χ0v) is 19.4. The SMILES string of the molecule is C[C@@H](Oc1ccc(N(C)S(C)(=O)=O)cc1)C(=O)NCCCN1c2ccccc2C[C@@H]1C. The molecule has 7 nitrogen and oxygen atoms in total. The number of sulfonamides is 1. The van der Waals surface area contributed by atoms with E-state index in [1.165, 1.54) is 22.6 Å². The Balaban J connectivity index is 1.44. The maximum Gasteiger partial charge on any atom is 0.260 e. The molecule has 3 rings (SSSR count). The highest BCUT2D eigenvalue weighted by Gasteiger charge is 2.24. The summed E-state index contributed by atoms with van der Waals surface area (Å²) in [7, 11) is -1.83. The van der Waals surface area contributed by atoms with E-state index >= 15 is 0 Å². The van der Waals surface area contributed by atoms with E-state index in [1.807, 2.05) is 0 Å². The van der Waals surface area contributed by atoms with Crippen molar-refractivity contribution in [3.05, 3.63) is 54.1 Å². The molecule has 0 spiro atoms. The summed E-state index contributed by atoms with van der Waals surface area (Å²) in [6.07, 6.45) is 2.41. The van der Waals surface area contributed by atoms with Gasteiger partial charge in [0, 0.05) is 31.9 Å². The molecule has 1 aliphatic heterocycles. The molecule has 0 radical (unpaired) electrons. The van der Waals surface area contributed by atoms with Crippen molar-refractivity contribution in [3.8, 4) is 5.75 Å². The van der Waals surface area contributed by atoms with Crippen LogP contribution in [-0.4, -0.2) is 52.9 Å². The summed E-state index contributed by atoms with van der Waals surface area (Å²) in [5, 5.41) is 2.94. The van der Waals surface area contributed by atoms with E-state index in [0.717, 1.165) is 25.6 Å². The van der Waals surface area contributed by atoms with Crippen molar-refractivity contribution in [2.24, 2.45) is 0 Å². The molecule has 168 valence electrons. The van der Waals surface area contributed by atoms with Gasteiger partial charge in [-0.15, -0.1) is 0 Å². The average molecular weight is 446 g/mol. The topological polar surface area (TPSA) is 78.9 Å². The number of carbonyl (C=O) groups is 1. The second kappa shape index (κ2) is 9.60. The number of fused-ring (bicyclic) bond motifs is 1. The fourth-order valence-corrected chi connectivity index (χ4v) is 4.26. The molecule has 1 aliphatic rings. The molecule has 1 amide bonds. The molecular weight excluding hydrogens is 414 g/mol. The van der Waals surface area contributed by atoms with E-state index in [4.69, 9.17) is 4.74 Å². The molecule has 1 N–H and O–H groups in total. The van der Waals surface area contributed by atoms with Gasteiger partial charge in [0.15, 0.2) is 6.10 Å². The zero-order valence-electron chi connectivity index (χ0n) is 18.5. The number of rotatable bonds is 9. The van der Waals surface area contributed by atoms with Crippen LogP contribution in [0.5, 0.6) is 5.75 Å². The van der Waals surface area contributed by atoms with E-state index in [2.05, 4.69) is 41.4 Å². The highest BCUT2D eigenvalue weighted by molar-refractivity contribution is 7.92. The number of hydrogen-bond donors (Lipinski definition) is 1. The van der Waals surface area contributed by atoms with Crippen molar-refractivity contribution >= 4 is 27.3 Å². The Bertz CT molecular complexity index is 1010. The van der Waals surface area contributed by atoms with Crippen molar-refractivity contribution in [1.82, 2.24) is 5.32 Å². The van der Waals surface area contributed by atoms with E-state index in [0.29, 0.717) is 24.0 Å². The third-order valence-electron chi connectivity index (χ3n) is 5.60. The van der Waals surface area contributed by atoms with Crippen molar-refractivity contribution in [2.45, 2.75) is 38.8 Å². The monoisotopic (exact) mass is 445 g/mol. The molecule has 0 saturated heterocycles. The van der Waals surface area contributed by atoms with E-state index < -0.39 is 16.1 Å². The Kier molecular flexibility index (Phi) is 7.10. The third-order valence-corrected chi connectivity index (χ3v) is 6.81. The van der Waals surface area contributed by atoms with Crippen molar-refractivity contribution in [1.29, 1.82) is 0 Å². The molecule has 2 aromatic rings. The van der Waals surface area contributed by atoms with Gasteiger partial charge in [0.25, 0.3) is 5.91 Å². The number of hydrogen-bond acceptors (Lipinski definition) is 5. The summed E-state index contributed by atoms with van der Waals surface area (Å²) < 4.78 is 30.1. The number of ether oxygens (including phenoxy) is 1. The van der Waals surface area contributed by atoms with Crippen molar-refractivity contribution in [3.63, 3.8) is 0 Å². The summed E-state index contributed by atoms with van der Waals surface area (Å²) in [6.45, 7) is 5.40. The van der Waals surface area contributed by atoms with Gasteiger partial charge in [0.1, 0.15) is 5.75 Å². The number of nitrogens with zero attached hydrogens (tertiary/aromatic N) is 2. The Hall–Kier alpha value is -2.74. The van der Waals surface area contributed by atoms with Crippen molar-refractivity contribution in [2.75, 3.05) is 35.6 Å². The number of carbonyl (C=O) groups excluding carboxylic acids is 1. The first-order chi connectivity index (χ1) is 14.7. The van der Waals surface area contributed by atoms with E-state index in [-0.39, 0.29) is 5.91 Å². The van der Waals surface area contributed by atoms with Crippen LogP contribution in [0.1, 0.15) is 25.8 Å². The number of para-hydroxylation sites is 1. The normalized spacial score (nSPS) is 16.5. The fourth-order valence-electron chi connectivity index (χ4n) is 3.76. The van der Waals surface area contributed by atoms with Crippen molar-refractivity contribution < 1.29 is 17.9 Å². The van der Waals surface area contributed by atoms with Gasteiger partial charge in [-0.05, 0) is 62.6 Å². The Labute approximate surface area is 185 Å². The summed E-state index contributed by atoms with van der Waals surface area (Å²) in [5.74, 6) is 0.336. The molecule has 0 aliphatic carbocycles. The quantitative estimate of drug-likeness (QED) is 0.601. The maximum atomic E-state index is 12.4. The van der Waals surface area contributed by atoms with Gasteiger partial charge in [0.05, 0.1) is 11.9 Å². The van der Waals surface area contributed by atoms with Gasteiger partial charge in [-0.25, -0.2) is 8.42 Å². The minimum absolute atomic E-state index is 0.174. The maximum absolute atomic E-state index is 12.4. The first kappa shape index (κ1) is 22.9. The molecule has 0 aromatic heterocycles.